The van der Waals surface area contributed by atoms with E-state index in [1.807, 2.05) is 0 Å². The predicted molar refractivity (Wildman–Crippen MR) is 176 cm³/mol. The Balaban J connectivity index is 3.73. The van der Waals surface area contributed by atoms with Gasteiger partial charge in [0.05, 0.1) is 39.6 Å². The fourth-order valence-corrected chi connectivity index (χ4v) is 4.14. The maximum absolute atomic E-state index is 12.5. The molecule has 0 saturated carbocycles. The number of hydrogen-bond donors (Lipinski definition) is 7. The van der Waals surface area contributed by atoms with Crippen LogP contribution in [0.3, 0.4) is 0 Å². The Morgan fingerprint density at radius 3 is 1.67 bits per heavy atom. The van der Waals surface area contributed by atoms with Crippen molar-refractivity contribution < 1.29 is 52.8 Å². The summed E-state index contributed by atoms with van der Waals surface area (Å²) >= 11 is 0. The van der Waals surface area contributed by atoms with Crippen LogP contribution in [-0.4, -0.2) is 126 Å². The number of carboxylic acid groups (broad SMARTS) is 1. The van der Waals surface area contributed by atoms with Gasteiger partial charge in [0, 0.05) is 38.9 Å². The molecule has 48 heavy (non-hydrogen) atoms. The molecule has 0 aromatic carbocycles. The van der Waals surface area contributed by atoms with Crippen molar-refractivity contribution in [2.45, 2.75) is 83.1 Å². The minimum absolute atomic E-state index is 0.0175. The molecule has 0 aromatic heterocycles. The van der Waals surface area contributed by atoms with Crippen molar-refractivity contribution in [1.29, 1.82) is 0 Å². The lowest BCUT2D eigenvalue weighted by atomic mass is 10.1. The Morgan fingerprint density at radius 1 is 0.562 bits per heavy atom. The summed E-state index contributed by atoms with van der Waals surface area (Å²) in [6.07, 6.45) is 8.46. The Kier molecular flexibility index (Phi) is 29.9. The summed E-state index contributed by atoms with van der Waals surface area (Å²) in [5, 5.41) is 19.3. The third kappa shape index (κ3) is 31.2. The van der Waals surface area contributed by atoms with Gasteiger partial charge in [-0.25, -0.2) is 0 Å². The van der Waals surface area contributed by atoms with Crippen LogP contribution in [-0.2, 0) is 47.7 Å². The third-order valence-electron chi connectivity index (χ3n) is 6.67. The number of aliphatic carboxylic acids is 1. The Bertz CT molecular complexity index is 910. The van der Waals surface area contributed by atoms with Crippen LogP contribution in [0.2, 0.25) is 0 Å². The van der Waals surface area contributed by atoms with E-state index in [1.54, 1.807) is 0 Å². The zero-order valence-corrected chi connectivity index (χ0v) is 28.2. The van der Waals surface area contributed by atoms with Crippen molar-refractivity contribution in [3.8, 4) is 0 Å². The van der Waals surface area contributed by atoms with Gasteiger partial charge < -0.3 is 56.8 Å². The second kappa shape index (κ2) is 32.2. The third-order valence-corrected chi connectivity index (χ3v) is 6.67. The van der Waals surface area contributed by atoms with Gasteiger partial charge in [-0.15, -0.1) is 0 Å². The van der Waals surface area contributed by atoms with Crippen LogP contribution in [0, 0.1) is 0 Å². The highest BCUT2D eigenvalue weighted by Crippen LogP contribution is 2.09. The summed E-state index contributed by atoms with van der Waals surface area (Å²) in [7, 11) is 0. The number of nitrogens with two attached hydrogens (primary N) is 2. The number of hydrogen-bond acceptors (Lipinski definition) is 11. The van der Waals surface area contributed by atoms with E-state index < -0.39 is 29.7 Å². The lowest BCUT2D eigenvalue weighted by Gasteiger charge is -2.18. The number of amides is 5. The van der Waals surface area contributed by atoms with Crippen LogP contribution in [0.4, 0.5) is 0 Å². The molecular weight excluding hydrogens is 632 g/mol. The molecule has 278 valence electrons. The number of carbonyl (C=O) groups is 6. The van der Waals surface area contributed by atoms with Crippen molar-refractivity contribution in [1.82, 2.24) is 21.3 Å². The van der Waals surface area contributed by atoms with Gasteiger partial charge in [-0.05, 0) is 25.8 Å². The molecule has 0 unspecified atom stereocenters. The lowest BCUT2D eigenvalue weighted by Crippen LogP contribution is -2.49. The molecule has 0 aliphatic carbocycles. The highest BCUT2D eigenvalue weighted by Gasteiger charge is 2.19. The van der Waals surface area contributed by atoms with Gasteiger partial charge in [-0.2, -0.15) is 0 Å². The van der Waals surface area contributed by atoms with Gasteiger partial charge >= 0.3 is 5.97 Å². The Morgan fingerprint density at radius 2 is 1.08 bits per heavy atom. The molecule has 17 heteroatoms. The van der Waals surface area contributed by atoms with Crippen molar-refractivity contribution in [3.63, 3.8) is 0 Å². The standard InChI is InChI=1S/C31H58N6O11/c32-13-12-25(37-29(41)24-48-22-20-45-17-15-35-27(39)11-10-26(33)38)31(44)36-16-18-46-19-21-47-23-28(40)34-14-8-6-4-2-1-3-5-7-9-30(42)43/h25H,1-24,32H2,(H2,33,38)(H,34,40)(H,35,39)(H,36,44)(H,37,41)(H,42,43)/t25-/m0/s1. The molecule has 17 nitrogen and oxygen atoms in total. The SMILES string of the molecule is NCC[C@H](NC(=O)COCCOCCNC(=O)CCC(N)=O)C(=O)NCCOCCOCC(=O)NCCCCCCCCCCC(=O)O. The quantitative estimate of drug-likeness (QED) is 0.0405. The van der Waals surface area contributed by atoms with E-state index in [2.05, 4.69) is 21.3 Å². The molecule has 0 saturated heterocycles. The average Bonchev–Trinajstić information content (AvgIpc) is 3.04. The van der Waals surface area contributed by atoms with Crippen LogP contribution in [0.25, 0.3) is 0 Å². The molecule has 5 amide bonds. The van der Waals surface area contributed by atoms with Gasteiger partial charge in [-0.1, -0.05) is 38.5 Å². The molecule has 0 aliphatic rings. The van der Waals surface area contributed by atoms with Crippen molar-refractivity contribution >= 4 is 35.5 Å². The maximum Gasteiger partial charge on any atom is 0.303 e. The highest BCUT2D eigenvalue weighted by molar-refractivity contribution is 5.88. The number of carbonyl (C=O) groups excluding carboxylic acids is 5. The number of nitrogens with one attached hydrogen (secondary N) is 4. The summed E-state index contributed by atoms with van der Waals surface area (Å²) < 4.78 is 21.3. The minimum atomic E-state index is -0.829. The summed E-state index contributed by atoms with van der Waals surface area (Å²) in [6.45, 7) is 2.15. The molecule has 0 fully saturated rings. The van der Waals surface area contributed by atoms with Crippen LogP contribution < -0.4 is 32.7 Å². The first-order valence-electron chi connectivity index (χ1n) is 16.8. The summed E-state index contributed by atoms with van der Waals surface area (Å²) in [4.78, 5) is 69.1. The number of rotatable bonds is 34. The number of carboxylic acids is 1. The smallest absolute Gasteiger partial charge is 0.303 e. The second-order valence-electron chi connectivity index (χ2n) is 11.0. The largest absolute Gasteiger partial charge is 0.481 e. The monoisotopic (exact) mass is 690 g/mol. The van der Waals surface area contributed by atoms with E-state index in [1.165, 1.54) is 0 Å². The van der Waals surface area contributed by atoms with E-state index >= 15 is 0 Å². The zero-order valence-electron chi connectivity index (χ0n) is 28.2. The number of unbranched alkanes of at least 4 members (excludes halogenated alkanes) is 7. The molecule has 0 bridgehead atoms. The van der Waals surface area contributed by atoms with E-state index in [-0.39, 0.29) is 110 Å². The molecule has 0 rings (SSSR count). The maximum atomic E-state index is 12.5. The summed E-state index contributed by atoms with van der Waals surface area (Å²) in [6, 6.07) is -0.829. The highest BCUT2D eigenvalue weighted by atomic mass is 16.5. The Hall–Kier alpha value is -3.38. The van der Waals surface area contributed by atoms with Crippen LogP contribution in [0.15, 0.2) is 0 Å². The minimum Gasteiger partial charge on any atom is -0.481 e. The van der Waals surface area contributed by atoms with Gasteiger partial charge in [0.2, 0.25) is 29.5 Å². The van der Waals surface area contributed by atoms with E-state index in [0.717, 1.165) is 51.4 Å². The van der Waals surface area contributed by atoms with Gasteiger partial charge in [0.1, 0.15) is 19.3 Å². The van der Waals surface area contributed by atoms with E-state index in [9.17, 15) is 28.8 Å². The molecule has 0 aliphatic heterocycles. The molecule has 0 aromatic rings. The lowest BCUT2D eigenvalue weighted by molar-refractivity contribution is -0.137. The normalized spacial score (nSPS) is 11.4. The van der Waals surface area contributed by atoms with Crippen molar-refractivity contribution in [2.75, 3.05) is 79.0 Å². The van der Waals surface area contributed by atoms with Gasteiger partial charge in [0.15, 0.2) is 0 Å². The summed E-state index contributed by atoms with van der Waals surface area (Å²) in [5.41, 5.74) is 10.6. The van der Waals surface area contributed by atoms with Crippen LogP contribution in [0.1, 0.15) is 77.0 Å². The molecule has 0 heterocycles. The van der Waals surface area contributed by atoms with Crippen molar-refractivity contribution in [3.05, 3.63) is 0 Å². The zero-order chi connectivity index (χ0) is 35.7. The first-order valence-corrected chi connectivity index (χ1v) is 16.8. The van der Waals surface area contributed by atoms with Gasteiger partial charge in [-0.3, -0.25) is 28.8 Å². The van der Waals surface area contributed by atoms with Gasteiger partial charge in [0.25, 0.3) is 0 Å². The average molecular weight is 691 g/mol. The molecular formula is C31H58N6O11. The first-order chi connectivity index (χ1) is 23.1. The van der Waals surface area contributed by atoms with Crippen LogP contribution >= 0.6 is 0 Å². The number of primary amides is 1. The fraction of sp³-hybridized carbons (Fsp3) is 0.806. The first kappa shape index (κ1) is 44.6. The molecule has 1 atom stereocenters. The summed E-state index contributed by atoms with van der Waals surface area (Å²) in [5.74, 6) is -2.66. The topological polar surface area (TPSA) is 260 Å². The second-order valence-corrected chi connectivity index (χ2v) is 11.0. The molecule has 0 radical (unpaired) electrons. The molecule has 9 N–H and O–H groups in total. The Labute approximate surface area is 283 Å². The predicted octanol–water partition coefficient (Wildman–Crippen LogP) is -0.904. The van der Waals surface area contributed by atoms with Crippen LogP contribution in [0.5, 0.6) is 0 Å². The molecule has 0 spiro atoms. The number of ether oxygens (including phenoxy) is 4. The van der Waals surface area contributed by atoms with Crippen molar-refractivity contribution in [2.24, 2.45) is 11.5 Å². The van der Waals surface area contributed by atoms with E-state index in [0.29, 0.717) is 6.54 Å². The van der Waals surface area contributed by atoms with E-state index in [4.69, 9.17) is 35.5 Å². The fourth-order valence-electron chi connectivity index (χ4n) is 4.14.